The molecular formula is C35H54N14O8S. The third-order valence-electron chi connectivity index (χ3n) is 8.89. The van der Waals surface area contributed by atoms with Gasteiger partial charge in [-0.2, -0.15) is 12.6 Å². The van der Waals surface area contributed by atoms with Crippen LogP contribution in [0.4, 0.5) is 0 Å². The largest absolute Gasteiger partial charge is 0.480 e. The van der Waals surface area contributed by atoms with E-state index in [1.165, 1.54) is 44.5 Å². The molecule has 318 valence electrons. The summed E-state index contributed by atoms with van der Waals surface area (Å²) < 4.78 is 0. The lowest BCUT2D eigenvalue weighted by Crippen LogP contribution is -2.60. The number of hydrogen-bond donors (Lipinski definition) is 13. The van der Waals surface area contributed by atoms with E-state index in [-0.39, 0.29) is 37.9 Å². The molecule has 14 N–H and O–H groups in total. The molecule has 3 aromatic heterocycles. The van der Waals surface area contributed by atoms with Crippen molar-refractivity contribution in [2.45, 2.75) is 108 Å². The third kappa shape index (κ3) is 15.3. The van der Waals surface area contributed by atoms with Gasteiger partial charge in [0, 0.05) is 60.7 Å². The molecule has 0 aliphatic heterocycles. The van der Waals surface area contributed by atoms with Crippen LogP contribution in [0.2, 0.25) is 0 Å². The van der Waals surface area contributed by atoms with Crippen LogP contribution in [0.1, 0.15) is 63.0 Å². The van der Waals surface area contributed by atoms with Gasteiger partial charge in [-0.1, -0.05) is 13.3 Å². The third-order valence-corrected chi connectivity index (χ3v) is 9.26. The van der Waals surface area contributed by atoms with Gasteiger partial charge in [0.2, 0.25) is 35.4 Å². The SMILES string of the molecule is CCCC(NC(=O)C(CS)NC(=O)C(Cc1cnc[nH]1)NC(=O)C(Cc1cnc[nH]1)NC(=O)C(CCCCN)NC(=O)C(N)Cc1cnc[nH]1)C(=O)NC(C)C(=O)O. The summed E-state index contributed by atoms with van der Waals surface area (Å²) in [6.45, 7) is 3.40. The van der Waals surface area contributed by atoms with Crippen molar-refractivity contribution in [2.75, 3.05) is 12.3 Å². The number of nitrogens with two attached hydrogens (primary N) is 2. The highest BCUT2D eigenvalue weighted by Gasteiger charge is 2.33. The topological polar surface area (TPSA) is 350 Å². The lowest BCUT2D eigenvalue weighted by atomic mass is 10.0. The fourth-order valence-electron chi connectivity index (χ4n) is 5.63. The Balaban J connectivity index is 1.81. The Morgan fingerprint density at radius 1 is 0.638 bits per heavy atom. The van der Waals surface area contributed by atoms with Crippen molar-refractivity contribution >= 4 is 54.0 Å². The average molecular weight is 831 g/mol. The summed E-state index contributed by atoms with van der Waals surface area (Å²) >= 11 is 4.23. The summed E-state index contributed by atoms with van der Waals surface area (Å²) in [7, 11) is 0. The number of hydrogen-bond acceptors (Lipinski definition) is 13. The number of carboxylic acids is 1. The number of rotatable bonds is 26. The summed E-state index contributed by atoms with van der Waals surface area (Å²) in [6.07, 6.45) is 10.4. The van der Waals surface area contributed by atoms with E-state index in [2.05, 4.69) is 74.4 Å². The highest BCUT2D eigenvalue weighted by Crippen LogP contribution is 2.08. The molecule has 0 bridgehead atoms. The van der Waals surface area contributed by atoms with Crippen molar-refractivity contribution in [3.05, 3.63) is 54.7 Å². The zero-order valence-corrected chi connectivity index (χ0v) is 33.2. The number of amides is 6. The number of nitrogens with zero attached hydrogens (tertiary/aromatic N) is 3. The highest BCUT2D eigenvalue weighted by atomic mass is 32.1. The van der Waals surface area contributed by atoms with Crippen LogP contribution in [0, 0.1) is 0 Å². The molecule has 0 aliphatic rings. The zero-order chi connectivity index (χ0) is 42.6. The number of aliphatic carboxylic acids is 1. The Kier molecular flexibility index (Phi) is 19.3. The first-order chi connectivity index (χ1) is 27.8. The maximum atomic E-state index is 14.1. The summed E-state index contributed by atoms with van der Waals surface area (Å²) in [4.78, 5) is 113. The molecule has 0 saturated heterocycles. The molecule has 0 fully saturated rings. The molecule has 0 saturated carbocycles. The fourth-order valence-corrected chi connectivity index (χ4v) is 5.89. The lowest BCUT2D eigenvalue weighted by Gasteiger charge is -2.27. The van der Waals surface area contributed by atoms with Gasteiger partial charge < -0.3 is 63.4 Å². The van der Waals surface area contributed by atoms with Crippen LogP contribution in [-0.2, 0) is 52.8 Å². The quantitative estimate of drug-likeness (QED) is 0.0285. The summed E-state index contributed by atoms with van der Waals surface area (Å²) in [5.41, 5.74) is 13.3. The molecule has 0 aromatic carbocycles. The molecule has 0 radical (unpaired) electrons. The first kappa shape index (κ1) is 46.6. The minimum absolute atomic E-state index is 0.0954. The first-order valence-corrected chi connectivity index (χ1v) is 19.4. The molecule has 58 heavy (non-hydrogen) atoms. The van der Waals surface area contributed by atoms with Crippen LogP contribution in [0.25, 0.3) is 0 Å². The predicted molar refractivity (Wildman–Crippen MR) is 211 cm³/mol. The van der Waals surface area contributed by atoms with Crippen molar-refractivity contribution in [3.8, 4) is 0 Å². The van der Waals surface area contributed by atoms with Crippen LogP contribution < -0.4 is 43.4 Å². The van der Waals surface area contributed by atoms with E-state index in [1.54, 1.807) is 6.92 Å². The molecule has 0 aliphatic carbocycles. The molecule has 7 atom stereocenters. The molecule has 22 nitrogen and oxygen atoms in total. The number of carboxylic acid groups (broad SMARTS) is 1. The number of imidazole rings is 3. The van der Waals surface area contributed by atoms with Crippen molar-refractivity contribution < 1.29 is 38.7 Å². The number of thiol groups is 1. The summed E-state index contributed by atoms with van der Waals surface area (Å²) in [5.74, 6) is -5.86. The molecule has 0 spiro atoms. The Bertz CT molecular complexity index is 1760. The van der Waals surface area contributed by atoms with Crippen LogP contribution >= 0.6 is 12.6 Å². The Morgan fingerprint density at radius 3 is 1.50 bits per heavy atom. The molecule has 6 amide bonds. The van der Waals surface area contributed by atoms with Gasteiger partial charge in [0.25, 0.3) is 0 Å². The smallest absolute Gasteiger partial charge is 0.325 e. The Labute approximate surface area is 339 Å². The first-order valence-electron chi connectivity index (χ1n) is 18.8. The Morgan fingerprint density at radius 2 is 1.05 bits per heavy atom. The van der Waals surface area contributed by atoms with E-state index in [0.717, 1.165) is 0 Å². The van der Waals surface area contributed by atoms with E-state index in [1.807, 2.05) is 0 Å². The van der Waals surface area contributed by atoms with Crippen molar-refractivity contribution in [3.63, 3.8) is 0 Å². The van der Waals surface area contributed by atoms with Gasteiger partial charge in [-0.3, -0.25) is 33.6 Å². The van der Waals surface area contributed by atoms with Gasteiger partial charge in [0.1, 0.15) is 36.3 Å². The second kappa shape index (κ2) is 24.1. The maximum absolute atomic E-state index is 14.1. The van der Waals surface area contributed by atoms with Gasteiger partial charge >= 0.3 is 5.97 Å². The maximum Gasteiger partial charge on any atom is 0.325 e. The predicted octanol–water partition coefficient (Wildman–Crippen LogP) is -2.92. The molecule has 23 heteroatoms. The number of carbonyl (C=O) groups is 7. The van der Waals surface area contributed by atoms with Crippen molar-refractivity contribution in [1.29, 1.82) is 0 Å². The van der Waals surface area contributed by atoms with Crippen LogP contribution in [0.3, 0.4) is 0 Å². The monoisotopic (exact) mass is 830 g/mol. The minimum Gasteiger partial charge on any atom is -0.480 e. The van der Waals surface area contributed by atoms with Gasteiger partial charge in [0.15, 0.2) is 0 Å². The number of aromatic amines is 3. The van der Waals surface area contributed by atoms with Crippen LogP contribution in [-0.4, -0.2) is 131 Å². The second-order valence-electron chi connectivity index (χ2n) is 13.6. The van der Waals surface area contributed by atoms with Gasteiger partial charge in [-0.15, -0.1) is 0 Å². The van der Waals surface area contributed by atoms with Crippen LogP contribution in [0.5, 0.6) is 0 Å². The fraction of sp³-hybridized carbons (Fsp3) is 0.543. The minimum atomic E-state index is -1.34. The van der Waals surface area contributed by atoms with E-state index in [4.69, 9.17) is 11.5 Å². The summed E-state index contributed by atoms with van der Waals surface area (Å²) in [5, 5.41) is 24.7. The van der Waals surface area contributed by atoms with Crippen LogP contribution in [0.15, 0.2) is 37.6 Å². The molecule has 3 aromatic rings. The molecule has 3 rings (SSSR count). The van der Waals surface area contributed by atoms with Crippen molar-refractivity contribution in [1.82, 2.24) is 61.8 Å². The number of aromatic nitrogens is 6. The molecule has 3 heterocycles. The van der Waals surface area contributed by atoms with E-state index in [9.17, 15) is 38.7 Å². The highest BCUT2D eigenvalue weighted by molar-refractivity contribution is 7.80. The molecule has 7 unspecified atom stereocenters. The molecular weight excluding hydrogens is 777 g/mol. The van der Waals surface area contributed by atoms with Gasteiger partial charge in [-0.25, -0.2) is 15.0 Å². The zero-order valence-electron chi connectivity index (χ0n) is 32.3. The van der Waals surface area contributed by atoms with Crippen molar-refractivity contribution in [2.24, 2.45) is 11.5 Å². The van der Waals surface area contributed by atoms with Gasteiger partial charge in [-0.05, 0) is 39.2 Å². The number of nitrogens with one attached hydrogen (secondary N) is 9. The average Bonchev–Trinajstić information content (AvgIpc) is 4.01. The van der Waals surface area contributed by atoms with E-state index < -0.39 is 83.7 Å². The number of H-pyrrole nitrogens is 3. The van der Waals surface area contributed by atoms with E-state index >= 15 is 0 Å². The Hall–Kier alpha value is -5.81. The number of unbranched alkanes of at least 4 members (excludes halogenated alkanes) is 1. The normalized spacial score (nSPS) is 14.7. The second-order valence-corrected chi connectivity index (χ2v) is 13.9. The lowest BCUT2D eigenvalue weighted by molar-refractivity contribution is -0.141. The van der Waals surface area contributed by atoms with E-state index in [0.29, 0.717) is 42.9 Å². The number of carbonyl (C=O) groups excluding carboxylic acids is 6. The summed E-state index contributed by atoms with van der Waals surface area (Å²) in [6, 6.07) is -8.38. The standard InChI is InChI=1S/C35H54N14O8S/c1-3-6-24(30(51)44-19(2)35(56)57)46-34(55)28(15-58)49-33(54)27(11-22-14-40-18-43-22)48-32(53)26(10-21-13-39-17-42-21)47-31(52)25(7-4-5-8-36)45-29(50)23(37)9-20-12-38-16-41-20/h12-14,16-19,23-28,58H,3-11,15,36-37H2,1-2H3,(H,38,41)(H,39,42)(H,40,43)(H,44,51)(H,45,50)(H,46,55)(H,47,52)(H,48,53)(H,49,54)(H,56,57). The van der Waals surface area contributed by atoms with Gasteiger partial charge in [0.05, 0.1) is 25.0 Å².